The highest BCUT2D eigenvalue weighted by Crippen LogP contribution is 2.39. The van der Waals surface area contributed by atoms with Gasteiger partial charge in [-0.1, -0.05) is 86.0 Å². The van der Waals surface area contributed by atoms with Gasteiger partial charge in [0.25, 0.3) is 0 Å². The number of methoxy groups -OCH3 is 1. The fraction of sp³-hybridized carbons (Fsp3) is 0.371. The maximum Gasteiger partial charge on any atom is 0.240 e. The predicted molar refractivity (Wildman–Crippen MR) is 166 cm³/mol. The second kappa shape index (κ2) is 12.4. The van der Waals surface area contributed by atoms with Gasteiger partial charge in [0, 0.05) is 24.5 Å². The first-order valence-corrected chi connectivity index (χ1v) is 16.5. The summed E-state index contributed by atoms with van der Waals surface area (Å²) in [6.45, 7) is 0.608. The summed E-state index contributed by atoms with van der Waals surface area (Å²) in [6, 6.07) is 30.5. The number of rotatable bonds is 9. The van der Waals surface area contributed by atoms with Crippen LogP contribution in [0.1, 0.15) is 61.1 Å². The summed E-state index contributed by atoms with van der Waals surface area (Å²) in [4.78, 5) is 0.333. The molecule has 4 aromatic carbocycles. The molecule has 1 fully saturated rings. The van der Waals surface area contributed by atoms with E-state index in [9.17, 15) is 8.42 Å². The summed E-state index contributed by atoms with van der Waals surface area (Å²) in [5.41, 5.74) is 3.94. The SMILES string of the molecule is COc1ccc2c(c1)CC[C@H](NC[C@H](NS(=O)(=O)c1ccc3ccccc3c1)C1CCCCC1)[C@@H]2c1ccccc1. The molecule has 2 N–H and O–H groups in total. The third-order valence-corrected chi connectivity index (χ3v) is 10.6. The number of benzene rings is 4. The lowest BCUT2D eigenvalue weighted by Crippen LogP contribution is -2.51. The molecule has 3 atom stereocenters. The van der Waals surface area contributed by atoms with Crippen molar-refractivity contribution >= 4 is 20.8 Å². The molecule has 0 amide bonds. The average Bonchev–Trinajstić information content (AvgIpc) is 3.03. The van der Waals surface area contributed by atoms with E-state index < -0.39 is 10.0 Å². The number of hydrogen-bond donors (Lipinski definition) is 2. The molecule has 0 aliphatic heterocycles. The Bertz CT molecular complexity index is 1580. The Kier molecular flexibility index (Phi) is 8.42. The topological polar surface area (TPSA) is 67.4 Å². The molecule has 4 aromatic rings. The maximum absolute atomic E-state index is 13.7. The first-order valence-electron chi connectivity index (χ1n) is 15.0. The standard InChI is InChI=1S/C35H40N2O3S/c1-40-30-18-20-32-29(22-30)17-21-33(35(32)27-13-6-3-7-14-27)36-24-34(26-11-4-2-5-12-26)37-41(38,39)31-19-16-25-10-8-9-15-28(25)23-31/h3,6-10,13-16,18-20,22-23,26,33-37H,2,4-5,11-12,17,21,24H2,1H3/t33-,34-,35+/m0/s1. The molecule has 0 saturated heterocycles. The molecule has 6 heteroatoms. The Balaban J connectivity index is 1.26. The number of hydrogen-bond acceptors (Lipinski definition) is 4. The van der Waals surface area contributed by atoms with Crippen LogP contribution in [0.5, 0.6) is 5.75 Å². The van der Waals surface area contributed by atoms with Crippen molar-refractivity contribution in [3.8, 4) is 5.75 Å². The van der Waals surface area contributed by atoms with Gasteiger partial charge in [0.15, 0.2) is 0 Å². The Morgan fingerprint density at radius 2 is 1.59 bits per heavy atom. The van der Waals surface area contributed by atoms with E-state index in [0.717, 1.165) is 55.0 Å². The Morgan fingerprint density at radius 3 is 2.37 bits per heavy atom. The molecule has 6 rings (SSSR count). The fourth-order valence-corrected chi connectivity index (χ4v) is 8.28. The number of fused-ring (bicyclic) bond motifs is 2. The molecule has 5 nitrogen and oxygen atoms in total. The molecule has 41 heavy (non-hydrogen) atoms. The van der Waals surface area contributed by atoms with Crippen molar-refractivity contribution in [1.29, 1.82) is 0 Å². The van der Waals surface area contributed by atoms with Gasteiger partial charge >= 0.3 is 0 Å². The zero-order valence-corrected chi connectivity index (χ0v) is 24.6. The van der Waals surface area contributed by atoms with Crippen LogP contribution in [0.25, 0.3) is 10.8 Å². The molecule has 0 aromatic heterocycles. The van der Waals surface area contributed by atoms with Crippen molar-refractivity contribution in [3.63, 3.8) is 0 Å². The second-order valence-corrected chi connectivity index (χ2v) is 13.4. The Hall–Kier alpha value is -3.19. The summed E-state index contributed by atoms with van der Waals surface area (Å²) < 4.78 is 36.2. The van der Waals surface area contributed by atoms with Crippen molar-refractivity contribution in [2.75, 3.05) is 13.7 Å². The van der Waals surface area contributed by atoms with Crippen LogP contribution in [0.2, 0.25) is 0 Å². The molecule has 2 aliphatic rings. The number of nitrogens with one attached hydrogen (secondary N) is 2. The molecule has 0 spiro atoms. The van der Waals surface area contributed by atoms with Gasteiger partial charge in [-0.2, -0.15) is 0 Å². The van der Waals surface area contributed by atoms with E-state index >= 15 is 0 Å². The fourth-order valence-electron chi connectivity index (χ4n) is 6.94. The van der Waals surface area contributed by atoms with E-state index in [0.29, 0.717) is 17.4 Å². The normalized spacial score (nSPS) is 20.4. The Labute approximate surface area is 244 Å². The third kappa shape index (κ3) is 6.20. The van der Waals surface area contributed by atoms with Gasteiger partial charge in [0.05, 0.1) is 12.0 Å². The highest BCUT2D eigenvalue weighted by Gasteiger charge is 2.34. The maximum atomic E-state index is 13.7. The highest BCUT2D eigenvalue weighted by atomic mass is 32.2. The van der Waals surface area contributed by atoms with Crippen LogP contribution in [0.15, 0.2) is 95.9 Å². The van der Waals surface area contributed by atoms with Crippen LogP contribution in [0, 0.1) is 5.92 Å². The van der Waals surface area contributed by atoms with E-state index in [-0.39, 0.29) is 18.0 Å². The molecule has 1 saturated carbocycles. The zero-order valence-electron chi connectivity index (χ0n) is 23.8. The lowest BCUT2D eigenvalue weighted by atomic mass is 9.75. The molecule has 0 heterocycles. The number of ether oxygens (including phenoxy) is 1. The molecule has 0 bridgehead atoms. The quantitative estimate of drug-likeness (QED) is 0.233. The molecular weight excluding hydrogens is 528 g/mol. The van der Waals surface area contributed by atoms with Crippen LogP contribution in [0.3, 0.4) is 0 Å². The summed E-state index contributed by atoms with van der Waals surface area (Å²) in [5, 5.41) is 5.86. The molecule has 214 valence electrons. The predicted octanol–water partition coefficient (Wildman–Crippen LogP) is 6.81. The lowest BCUT2D eigenvalue weighted by molar-refractivity contribution is 0.271. The molecule has 2 aliphatic carbocycles. The minimum absolute atomic E-state index is 0.166. The molecule has 0 radical (unpaired) electrons. The first-order chi connectivity index (χ1) is 20.0. The highest BCUT2D eigenvalue weighted by molar-refractivity contribution is 7.89. The van der Waals surface area contributed by atoms with Crippen LogP contribution in [-0.4, -0.2) is 34.2 Å². The minimum atomic E-state index is -3.68. The van der Waals surface area contributed by atoms with E-state index in [2.05, 4.69) is 58.6 Å². The van der Waals surface area contributed by atoms with E-state index in [1.807, 2.05) is 30.3 Å². The zero-order chi connectivity index (χ0) is 28.2. The smallest absolute Gasteiger partial charge is 0.240 e. The monoisotopic (exact) mass is 568 g/mol. The van der Waals surface area contributed by atoms with Crippen LogP contribution < -0.4 is 14.8 Å². The number of sulfonamides is 1. The summed E-state index contributed by atoms with van der Waals surface area (Å²) in [7, 11) is -1.96. The molecule has 0 unspecified atom stereocenters. The Morgan fingerprint density at radius 1 is 0.829 bits per heavy atom. The second-order valence-electron chi connectivity index (χ2n) is 11.6. The van der Waals surface area contributed by atoms with Gasteiger partial charge < -0.3 is 10.1 Å². The first kappa shape index (κ1) is 28.0. The molecular formula is C35H40N2O3S. The lowest BCUT2D eigenvalue weighted by Gasteiger charge is -2.37. The van der Waals surface area contributed by atoms with Gasteiger partial charge in [0.1, 0.15) is 5.75 Å². The summed E-state index contributed by atoms with van der Waals surface area (Å²) in [6.07, 6.45) is 7.60. The van der Waals surface area contributed by atoms with Crippen LogP contribution in [-0.2, 0) is 16.4 Å². The van der Waals surface area contributed by atoms with Gasteiger partial charge in [-0.05, 0) is 83.3 Å². The van der Waals surface area contributed by atoms with Crippen LogP contribution >= 0.6 is 0 Å². The van der Waals surface area contributed by atoms with E-state index in [4.69, 9.17) is 4.74 Å². The van der Waals surface area contributed by atoms with Gasteiger partial charge in [-0.25, -0.2) is 13.1 Å². The summed E-state index contributed by atoms with van der Waals surface area (Å²) in [5.74, 6) is 1.40. The van der Waals surface area contributed by atoms with Gasteiger partial charge in [-0.15, -0.1) is 0 Å². The van der Waals surface area contributed by atoms with E-state index in [1.165, 1.54) is 23.1 Å². The van der Waals surface area contributed by atoms with Crippen LogP contribution in [0.4, 0.5) is 0 Å². The third-order valence-electron chi connectivity index (χ3n) is 9.13. The van der Waals surface area contributed by atoms with Crippen molar-refractivity contribution in [3.05, 3.63) is 108 Å². The van der Waals surface area contributed by atoms with Crippen molar-refractivity contribution in [2.45, 2.75) is 67.8 Å². The largest absolute Gasteiger partial charge is 0.497 e. The minimum Gasteiger partial charge on any atom is -0.497 e. The van der Waals surface area contributed by atoms with Crippen molar-refractivity contribution < 1.29 is 13.2 Å². The van der Waals surface area contributed by atoms with Crippen molar-refractivity contribution in [2.24, 2.45) is 5.92 Å². The van der Waals surface area contributed by atoms with Crippen molar-refractivity contribution in [1.82, 2.24) is 10.0 Å². The number of aryl methyl sites for hydroxylation is 1. The summed E-state index contributed by atoms with van der Waals surface area (Å²) >= 11 is 0. The van der Waals surface area contributed by atoms with Gasteiger partial charge in [0.2, 0.25) is 10.0 Å². The van der Waals surface area contributed by atoms with E-state index in [1.54, 1.807) is 19.2 Å². The van der Waals surface area contributed by atoms with Gasteiger partial charge in [-0.3, -0.25) is 0 Å². The average molecular weight is 569 g/mol.